The lowest BCUT2D eigenvalue weighted by atomic mass is 10.0. The minimum atomic E-state index is 0.696. The van der Waals surface area contributed by atoms with Crippen LogP contribution in [-0.4, -0.2) is 6.73 Å². The molecule has 0 saturated heterocycles. The molecule has 104 valence electrons. The van der Waals surface area contributed by atoms with E-state index < -0.39 is 0 Å². The van der Waals surface area contributed by atoms with Gasteiger partial charge in [-0.25, -0.2) is 0 Å². The number of halogens is 1. The van der Waals surface area contributed by atoms with Crippen molar-refractivity contribution in [3.05, 3.63) is 63.7 Å². The third kappa shape index (κ3) is 2.67. The Morgan fingerprint density at radius 1 is 1.20 bits per heavy atom. The van der Waals surface area contributed by atoms with E-state index in [1.54, 1.807) is 0 Å². The third-order valence-electron chi connectivity index (χ3n) is 3.83. The molecule has 0 amide bonds. The van der Waals surface area contributed by atoms with E-state index in [2.05, 4.69) is 32.0 Å². The number of quaternary nitrogens is 1. The summed E-state index contributed by atoms with van der Waals surface area (Å²) in [6, 6.07) is 12.4. The van der Waals surface area contributed by atoms with Gasteiger partial charge in [0.05, 0.1) is 5.56 Å². The Hall–Kier alpha value is -1.51. The Labute approximate surface area is 124 Å². The molecular formula is C17H19ClNO+. The van der Waals surface area contributed by atoms with Crippen LogP contribution < -0.4 is 9.64 Å². The number of nitrogens with one attached hydrogen (secondary N) is 1. The van der Waals surface area contributed by atoms with E-state index in [0.717, 1.165) is 23.9 Å². The Balaban J connectivity index is 1.81. The van der Waals surface area contributed by atoms with Crippen LogP contribution in [0.4, 0.5) is 0 Å². The molecule has 2 nitrogen and oxygen atoms in total. The lowest BCUT2D eigenvalue weighted by molar-refractivity contribution is -0.945. The zero-order chi connectivity index (χ0) is 14.1. The number of ether oxygens (including phenoxy) is 1. The molecule has 20 heavy (non-hydrogen) atoms. The zero-order valence-corrected chi connectivity index (χ0v) is 12.6. The van der Waals surface area contributed by atoms with Crippen molar-refractivity contribution in [3.63, 3.8) is 0 Å². The average Bonchev–Trinajstić information content (AvgIpc) is 2.42. The molecule has 0 fully saturated rings. The maximum atomic E-state index is 6.24. The average molecular weight is 289 g/mol. The van der Waals surface area contributed by atoms with Crippen LogP contribution in [0.15, 0.2) is 36.4 Å². The lowest BCUT2D eigenvalue weighted by Crippen LogP contribution is -3.11. The smallest absolute Gasteiger partial charge is 0.222 e. The van der Waals surface area contributed by atoms with Crippen molar-refractivity contribution in [3.8, 4) is 5.75 Å². The number of aryl methyl sites for hydroxylation is 2. The summed E-state index contributed by atoms with van der Waals surface area (Å²) in [6.07, 6.45) is 0. The van der Waals surface area contributed by atoms with Crippen molar-refractivity contribution in [2.75, 3.05) is 6.73 Å². The third-order valence-corrected chi connectivity index (χ3v) is 4.20. The van der Waals surface area contributed by atoms with Gasteiger partial charge in [-0.1, -0.05) is 35.9 Å². The first-order chi connectivity index (χ1) is 9.63. The van der Waals surface area contributed by atoms with Crippen molar-refractivity contribution in [2.45, 2.75) is 26.9 Å². The fourth-order valence-corrected chi connectivity index (χ4v) is 3.02. The zero-order valence-electron chi connectivity index (χ0n) is 11.9. The highest BCUT2D eigenvalue weighted by molar-refractivity contribution is 6.31. The van der Waals surface area contributed by atoms with Gasteiger partial charge in [0.2, 0.25) is 6.73 Å². The van der Waals surface area contributed by atoms with Crippen LogP contribution in [0.25, 0.3) is 0 Å². The number of benzene rings is 2. The highest BCUT2D eigenvalue weighted by Gasteiger charge is 2.23. The van der Waals surface area contributed by atoms with E-state index in [1.807, 2.05) is 18.2 Å². The van der Waals surface area contributed by atoms with Crippen LogP contribution in [0.1, 0.15) is 22.3 Å². The lowest BCUT2D eigenvalue weighted by Gasteiger charge is -2.27. The molecular weight excluding hydrogens is 270 g/mol. The number of hydrogen-bond acceptors (Lipinski definition) is 1. The Bertz CT molecular complexity index is 639. The summed E-state index contributed by atoms with van der Waals surface area (Å²) < 4.78 is 5.93. The second-order valence-electron chi connectivity index (χ2n) is 5.54. The first-order valence-corrected chi connectivity index (χ1v) is 7.31. The van der Waals surface area contributed by atoms with Gasteiger partial charge in [0.1, 0.15) is 18.8 Å². The molecule has 1 heterocycles. The molecule has 0 aliphatic carbocycles. The molecule has 1 aliphatic heterocycles. The summed E-state index contributed by atoms with van der Waals surface area (Å²) in [7, 11) is 0. The van der Waals surface area contributed by atoms with E-state index in [0.29, 0.717) is 6.73 Å². The Morgan fingerprint density at radius 3 is 2.80 bits per heavy atom. The van der Waals surface area contributed by atoms with Gasteiger partial charge in [-0.3, -0.25) is 4.90 Å². The topological polar surface area (TPSA) is 13.7 Å². The second-order valence-corrected chi connectivity index (χ2v) is 5.95. The SMILES string of the molecule is Cc1cc(C)c2c(c1)OC[NH+](Cc1ccccc1Cl)C2. The summed E-state index contributed by atoms with van der Waals surface area (Å²) in [5.41, 5.74) is 5.08. The molecule has 1 unspecified atom stereocenters. The van der Waals surface area contributed by atoms with Crippen LogP contribution in [0.3, 0.4) is 0 Å². The van der Waals surface area contributed by atoms with E-state index >= 15 is 0 Å². The minimum Gasteiger partial charge on any atom is -0.445 e. The van der Waals surface area contributed by atoms with Gasteiger partial charge in [0.15, 0.2) is 0 Å². The van der Waals surface area contributed by atoms with Gasteiger partial charge >= 0.3 is 0 Å². The molecule has 0 saturated carbocycles. The normalized spacial score (nSPS) is 17.4. The van der Waals surface area contributed by atoms with Gasteiger partial charge in [-0.05, 0) is 37.1 Å². The van der Waals surface area contributed by atoms with E-state index in [1.165, 1.54) is 27.2 Å². The fourth-order valence-electron chi connectivity index (χ4n) is 2.82. The molecule has 3 heteroatoms. The monoisotopic (exact) mass is 288 g/mol. The molecule has 0 bridgehead atoms. The van der Waals surface area contributed by atoms with E-state index in [9.17, 15) is 0 Å². The first-order valence-electron chi connectivity index (χ1n) is 6.93. The van der Waals surface area contributed by atoms with Gasteiger partial charge < -0.3 is 4.74 Å². The Kier molecular flexibility index (Phi) is 3.68. The van der Waals surface area contributed by atoms with Crippen LogP contribution in [0.2, 0.25) is 5.02 Å². The highest BCUT2D eigenvalue weighted by Crippen LogP contribution is 2.25. The predicted octanol–water partition coefficient (Wildman–Crippen LogP) is 2.89. The van der Waals surface area contributed by atoms with Gasteiger partial charge in [-0.15, -0.1) is 0 Å². The number of hydrogen-bond donors (Lipinski definition) is 1. The maximum Gasteiger partial charge on any atom is 0.222 e. The van der Waals surface area contributed by atoms with Crippen LogP contribution in [0, 0.1) is 13.8 Å². The molecule has 1 N–H and O–H groups in total. The van der Waals surface area contributed by atoms with Crippen molar-refractivity contribution < 1.29 is 9.64 Å². The highest BCUT2D eigenvalue weighted by atomic mass is 35.5. The van der Waals surface area contributed by atoms with Crippen molar-refractivity contribution >= 4 is 11.6 Å². The molecule has 2 aromatic rings. The summed E-state index contributed by atoms with van der Waals surface area (Å²) in [6.45, 7) is 6.85. The molecule has 2 aromatic carbocycles. The molecule has 3 rings (SSSR count). The van der Waals surface area contributed by atoms with Gasteiger partial charge in [0.25, 0.3) is 0 Å². The first kappa shape index (κ1) is 13.5. The minimum absolute atomic E-state index is 0.696. The molecule has 1 atom stereocenters. The van der Waals surface area contributed by atoms with Crippen molar-refractivity contribution in [2.24, 2.45) is 0 Å². The second kappa shape index (κ2) is 5.47. The number of fused-ring (bicyclic) bond motifs is 1. The van der Waals surface area contributed by atoms with E-state index in [-0.39, 0.29) is 0 Å². The van der Waals surface area contributed by atoms with Crippen LogP contribution in [-0.2, 0) is 13.1 Å². The van der Waals surface area contributed by atoms with Crippen molar-refractivity contribution in [1.82, 2.24) is 0 Å². The van der Waals surface area contributed by atoms with Crippen LogP contribution in [0.5, 0.6) is 5.75 Å². The molecule has 1 aliphatic rings. The fraction of sp³-hybridized carbons (Fsp3) is 0.294. The Morgan fingerprint density at radius 2 is 2.00 bits per heavy atom. The van der Waals surface area contributed by atoms with Gasteiger partial charge in [0, 0.05) is 10.6 Å². The van der Waals surface area contributed by atoms with E-state index in [4.69, 9.17) is 16.3 Å². The maximum absolute atomic E-state index is 6.24. The molecule has 0 spiro atoms. The summed E-state index contributed by atoms with van der Waals surface area (Å²) in [4.78, 5) is 1.39. The quantitative estimate of drug-likeness (QED) is 0.897. The van der Waals surface area contributed by atoms with Crippen LogP contribution >= 0.6 is 11.6 Å². The number of rotatable bonds is 2. The summed E-state index contributed by atoms with van der Waals surface area (Å²) >= 11 is 6.24. The predicted molar refractivity (Wildman–Crippen MR) is 81.2 cm³/mol. The van der Waals surface area contributed by atoms with Gasteiger partial charge in [-0.2, -0.15) is 0 Å². The van der Waals surface area contributed by atoms with Crippen molar-refractivity contribution in [1.29, 1.82) is 0 Å². The largest absolute Gasteiger partial charge is 0.445 e. The summed E-state index contributed by atoms with van der Waals surface area (Å²) in [5.74, 6) is 1.05. The molecule has 0 radical (unpaired) electrons. The summed E-state index contributed by atoms with van der Waals surface area (Å²) in [5, 5.41) is 0.839. The standard InChI is InChI=1S/C17H18ClNO/c1-12-7-13(2)15-10-19(11-20-17(15)8-12)9-14-5-3-4-6-16(14)18/h3-8H,9-11H2,1-2H3/p+1. The molecule has 0 aromatic heterocycles.